The molecule has 0 aliphatic heterocycles. The molecule has 1 unspecified atom stereocenters. The Kier molecular flexibility index (Phi) is 6.81. The number of furan rings is 1. The fraction of sp³-hybridized carbons (Fsp3) is 0.389. The van der Waals surface area contributed by atoms with Crippen molar-refractivity contribution >= 4 is 5.96 Å². The molecule has 1 heterocycles. The maximum atomic E-state index is 13.0. The molecule has 0 amide bonds. The quantitative estimate of drug-likeness (QED) is 0.605. The second-order valence-corrected chi connectivity index (χ2v) is 5.70. The number of guanidine groups is 1. The van der Waals surface area contributed by atoms with Crippen LogP contribution in [0.4, 0.5) is 4.39 Å². The van der Waals surface area contributed by atoms with Crippen molar-refractivity contribution in [1.29, 1.82) is 0 Å². The molecule has 0 fully saturated rings. The van der Waals surface area contributed by atoms with Crippen molar-refractivity contribution in [3.8, 4) is 0 Å². The van der Waals surface area contributed by atoms with Crippen molar-refractivity contribution in [2.45, 2.75) is 19.5 Å². The van der Waals surface area contributed by atoms with Gasteiger partial charge in [0.25, 0.3) is 0 Å². The number of hydrogen-bond acceptors (Lipinski definition) is 3. The average Bonchev–Trinajstić information content (AvgIpc) is 3.08. The molecular formula is C18H25FN4O. The standard InChI is InChI=1S/C18H25FN4O/c1-4-20-18(21-12-14-7-9-15(19)10-8-14)22-13-16(23(2)3)17-6-5-11-24-17/h5-11,16H,4,12-13H2,1-3H3,(H2,20,21,22). The minimum absolute atomic E-state index is 0.106. The van der Waals surface area contributed by atoms with Crippen LogP contribution < -0.4 is 10.6 Å². The first kappa shape index (κ1) is 18.0. The van der Waals surface area contributed by atoms with Gasteiger partial charge in [0, 0.05) is 13.1 Å². The van der Waals surface area contributed by atoms with Gasteiger partial charge in [0.1, 0.15) is 11.6 Å². The number of likely N-dealkylation sites (N-methyl/N-ethyl adjacent to an activating group) is 1. The Morgan fingerprint density at radius 2 is 1.96 bits per heavy atom. The SMILES string of the molecule is CCNC(=NCc1ccc(F)cc1)NCC(c1ccco1)N(C)C. The molecule has 1 aromatic carbocycles. The van der Waals surface area contributed by atoms with Crippen LogP contribution in [-0.2, 0) is 6.54 Å². The number of aliphatic imine (C=N–C) groups is 1. The minimum Gasteiger partial charge on any atom is -0.468 e. The number of nitrogens with one attached hydrogen (secondary N) is 2. The summed E-state index contributed by atoms with van der Waals surface area (Å²) in [6, 6.07) is 10.3. The highest BCUT2D eigenvalue weighted by atomic mass is 19.1. The Hall–Kier alpha value is -2.34. The first-order valence-electron chi connectivity index (χ1n) is 8.06. The molecule has 2 N–H and O–H groups in total. The van der Waals surface area contributed by atoms with Crippen LogP contribution >= 0.6 is 0 Å². The summed E-state index contributed by atoms with van der Waals surface area (Å²) in [7, 11) is 4.02. The molecule has 0 aliphatic rings. The molecule has 0 aliphatic carbocycles. The van der Waals surface area contributed by atoms with Crippen molar-refractivity contribution in [2.75, 3.05) is 27.2 Å². The number of halogens is 1. The van der Waals surface area contributed by atoms with Crippen LogP contribution in [0.3, 0.4) is 0 Å². The molecule has 130 valence electrons. The van der Waals surface area contributed by atoms with E-state index >= 15 is 0 Å². The third-order valence-electron chi connectivity index (χ3n) is 3.64. The van der Waals surface area contributed by atoms with Crippen molar-refractivity contribution in [3.63, 3.8) is 0 Å². The summed E-state index contributed by atoms with van der Waals surface area (Å²) in [5, 5.41) is 6.55. The summed E-state index contributed by atoms with van der Waals surface area (Å²) >= 11 is 0. The Balaban J connectivity index is 1.99. The van der Waals surface area contributed by atoms with Gasteiger partial charge >= 0.3 is 0 Å². The normalized spacial score (nSPS) is 13.1. The topological polar surface area (TPSA) is 52.8 Å². The van der Waals surface area contributed by atoms with Crippen LogP contribution in [0, 0.1) is 5.82 Å². The molecule has 6 heteroatoms. The Morgan fingerprint density at radius 1 is 1.21 bits per heavy atom. The summed E-state index contributed by atoms with van der Waals surface area (Å²) in [4.78, 5) is 6.64. The zero-order valence-electron chi connectivity index (χ0n) is 14.4. The number of rotatable bonds is 7. The largest absolute Gasteiger partial charge is 0.468 e. The van der Waals surface area contributed by atoms with Crippen LogP contribution in [0.15, 0.2) is 52.1 Å². The number of hydrogen-bond donors (Lipinski definition) is 2. The fourth-order valence-electron chi connectivity index (χ4n) is 2.31. The highest BCUT2D eigenvalue weighted by molar-refractivity contribution is 5.79. The smallest absolute Gasteiger partial charge is 0.191 e. The van der Waals surface area contributed by atoms with Crippen molar-refractivity contribution in [2.24, 2.45) is 4.99 Å². The maximum absolute atomic E-state index is 13.0. The van der Waals surface area contributed by atoms with E-state index in [1.807, 2.05) is 33.2 Å². The lowest BCUT2D eigenvalue weighted by molar-refractivity contribution is 0.258. The molecule has 2 aromatic rings. The van der Waals surface area contributed by atoms with Gasteiger partial charge in [-0.3, -0.25) is 4.90 Å². The Bertz CT molecular complexity index is 623. The molecule has 24 heavy (non-hydrogen) atoms. The van der Waals surface area contributed by atoms with E-state index in [1.165, 1.54) is 12.1 Å². The van der Waals surface area contributed by atoms with E-state index in [4.69, 9.17) is 4.42 Å². The van der Waals surface area contributed by atoms with E-state index in [2.05, 4.69) is 20.5 Å². The van der Waals surface area contributed by atoms with Gasteiger partial charge in [-0.2, -0.15) is 0 Å². The second-order valence-electron chi connectivity index (χ2n) is 5.70. The fourth-order valence-corrected chi connectivity index (χ4v) is 2.31. The van der Waals surface area contributed by atoms with Crippen molar-refractivity contribution in [1.82, 2.24) is 15.5 Å². The van der Waals surface area contributed by atoms with Crippen LogP contribution in [0.1, 0.15) is 24.3 Å². The zero-order valence-corrected chi connectivity index (χ0v) is 14.4. The molecule has 0 bridgehead atoms. The Labute approximate surface area is 142 Å². The third-order valence-corrected chi connectivity index (χ3v) is 3.64. The van der Waals surface area contributed by atoms with Gasteiger partial charge in [-0.25, -0.2) is 9.38 Å². The zero-order chi connectivity index (χ0) is 17.4. The lowest BCUT2D eigenvalue weighted by atomic mass is 10.2. The third kappa shape index (κ3) is 5.38. The van der Waals surface area contributed by atoms with Gasteiger partial charge in [0.2, 0.25) is 0 Å². The first-order chi connectivity index (χ1) is 11.6. The van der Waals surface area contributed by atoms with Crippen molar-refractivity contribution in [3.05, 3.63) is 59.8 Å². The van der Waals surface area contributed by atoms with E-state index in [9.17, 15) is 4.39 Å². The predicted octanol–water partition coefficient (Wildman–Crippen LogP) is 2.78. The first-order valence-corrected chi connectivity index (χ1v) is 8.06. The molecule has 5 nitrogen and oxygen atoms in total. The Morgan fingerprint density at radius 3 is 2.54 bits per heavy atom. The number of nitrogens with zero attached hydrogens (tertiary/aromatic N) is 2. The van der Waals surface area contributed by atoms with E-state index < -0.39 is 0 Å². The minimum atomic E-state index is -0.236. The maximum Gasteiger partial charge on any atom is 0.191 e. The molecule has 0 radical (unpaired) electrons. The molecule has 0 spiro atoms. The van der Waals surface area contributed by atoms with Gasteiger partial charge in [0.05, 0.1) is 18.8 Å². The van der Waals surface area contributed by atoms with Gasteiger partial charge in [-0.05, 0) is 50.8 Å². The van der Waals surface area contributed by atoms with Gasteiger partial charge in [0.15, 0.2) is 5.96 Å². The van der Waals surface area contributed by atoms with E-state index in [0.29, 0.717) is 13.1 Å². The monoisotopic (exact) mass is 332 g/mol. The predicted molar refractivity (Wildman–Crippen MR) is 94.4 cm³/mol. The molecule has 1 aromatic heterocycles. The van der Waals surface area contributed by atoms with E-state index in [-0.39, 0.29) is 11.9 Å². The summed E-state index contributed by atoms with van der Waals surface area (Å²) in [6.07, 6.45) is 1.68. The lowest BCUT2D eigenvalue weighted by Crippen LogP contribution is -2.41. The summed E-state index contributed by atoms with van der Waals surface area (Å²) in [6.45, 7) is 3.94. The lowest BCUT2D eigenvalue weighted by Gasteiger charge is -2.23. The van der Waals surface area contributed by atoms with Gasteiger partial charge in [-0.1, -0.05) is 12.1 Å². The van der Waals surface area contributed by atoms with E-state index in [0.717, 1.165) is 23.8 Å². The summed E-state index contributed by atoms with van der Waals surface area (Å²) in [5.41, 5.74) is 0.962. The highest BCUT2D eigenvalue weighted by Gasteiger charge is 2.17. The molecule has 1 atom stereocenters. The van der Waals surface area contributed by atoms with Crippen LogP contribution in [-0.4, -0.2) is 38.0 Å². The van der Waals surface area contributed by atoms with Crippen LogP contribution in [0.5, 0.6) is 0 Å². The van der Waals surface area contributed by atoms with Crippen molar-refractivity contribution < 1.29 is 8.81 Å². The number of benzene rings is 1. The van der Waals surface area contributed by atoms with Gasteiger partial charge in [-0.15, -0.1) is 0 Å². The molecule has 2 rings (SSSR count). The molecule has 0 saturated carbocycles. The van der Waals surface area contributed by atoms with Crippen LogP contribution in [0.25, 0.3) is 0 Å². The van der Waals surface area contributed by atoms with Crippen LogP contribution in [0.2, 0.25) is 0 Å². The summed E-state index contributed by atoms with van der Waals surface area (Å²) < 4.78 is 18.5. The van der Waals surface area contributed by atoms with Gasteiger partial charge < -0.3 is 15.1 Å². The molecular weight excluding hydrogens is 307 g/mol. The molecule has 0 saturated heterocycles. The summed E-state index contributed by atoms with van der Waals surface area (Å²) in [5.74, 6) is 1.39. The second kappa shape index (κ2) is 9.08. The highest BCUT2D eigenvalue weighted by Crippen LogP contribution is 2.17. The van der Waals surface area contributed by atoms with E-state index in [1.54, 1.807) is 18.4 Å². The average molecular weight is 332 g/mol.